The van der Waals surface area contributed by atoms with E-state index in [1.54, 1.807) is 19.9 Å². The number of unbranched alkanes of at least 4 members (excludes halogenated alkanes) is 6. The summed E-state index contributed by atoms with van der Waals surface area (Å²) in [6, 6.07) is 15.9. The van der Waals surface area contributed by atoms with Crippen LogP contribution in [0.5, 0.6) is 0 Å². The van der Waals surface area contributed by atoms with Gasteiger partial charge in [-0.05, 0) is 85.0 Å². The van der Waals surface area contributed by atoms with E-state index in [9.17, 15) is 26.4 Å². The largest absolute Gasteiger partial charge is 0.399 e. The number of sulfonamides is 1. The van der Waals surface area contributed by atoms with Crippen molar-refractivity contribution in [2.24, 2.45) is 23.7 Å². The SMILES string of the molecule is CCCCCCN1CC2C(C1)C2(CNC(C)=O)c1cccc(N)c1.CCCCCCN1CC2C(C1)C2(CNC(C)=O)c1cccc(NS(C)(=O)=O)c1.CS(=O)(=O)Cl. The first kappa shape index (κ1) is 46.8. The summed E-state index contributed by atoms with van der Waals surface area (Å²) >= 11 is 0. The van der Waals surface area contributed by atoms with E-state index in [4.69, 9.17) is 5.73 Å². The van der Waals surface area contributed by atoms with E-state index < -0.39 is 19.1 Å². The van der Waals surface area contributed by atoms with Crippen molar-refractivity contribution in [3.63, 3.8) is 0 Å². The number of halogens is 1. The number of rotatable bonds is 18. The molecule has 12 nitrogen and oxygen atoms in total. The lowest BCUT2D eigenvalue weighted by molar-refractivity contribution is -0.120. The van der Waals surface area contributed by atoms with Gasteiger partial charge in [0.05, 0.1) is 12.5 Å². The first-order chi connectivity index (χ1) is 26.8. The van der Waals surface area contributed by atoms with E-state index in [0.717, 1.165) is 63.0 Å². The summed E-state index contributed by atoms with van der Waals surface area (Å²) in [7, 11) is -2.01. The number of nitrogens with two attached hydrogens (primary N) is 1. The highest BCUT2D eigenvalue weighted by Gasteiger charge is 2.69. The predicted octanol–water partition coefficient (Wildman–Crippen LogP) is 5.54. The summed E-state index contributed by atoms with van der Waals surface area (Å²) in [5.74, 6) is 2.36. The summed E-state index contributed by atoms with van der Waals surface area (Å²) in [5.41, 5.74) is 9.85. The molecule has 4 fully saturated rings. The Kier molecular flexibility index (Phi) is 16.7. The number of piperidine rings is 2. The van der Waals surface area contributed by atoms with E-state index in [2.05, 4.69) is 67.9 Å². The van der Waals surface area contributed by atoms with Gasteiger partial charge in [0.25, 0.3) is 0 Å². The van der Waals surface area contributed by atoms with Gasteiger partial charge in [-0.3, -0.25) is 14.3 Å². The summed E-state index contributed by atoms with van der Waals surface area (Å²) < 4.78 is 44.6. The molecule has 2 saturated heterocycles. The number of amides is 2. The van der Waals surface area contributed by atoms with Gasteiger partial charge in [0, 0.05) is 86.0 Å². The second kappa shape index (κ2) is 20.4. The Labute approximate surface area is 346 Å². The fraction of sp³-hybridized carbons (Fsp3) is 0.667. The number of carbonyl (C=O) groups is 2. The van der Waals surface area contributed by atoms with Gasteiger partial charge in [0.15, 0.2) is 0 Å². The molecule has 6 rings (SSSR count). The molecule has 2 saturated carbocycles. The highest BCUT2D eigenvalue weighted by atomic mass is 35.7. The van der Waals surface area contributed by atoms with Crippen LogP contribution in [-0.4, -0.2) is 103 Å². The van der Waals surface area contributed by atoms with Crippen LogP contribution in [-0.2, 0) is 39.5 Å². The van der Waals surface area contributed by atoms with Crippen LogP contribution in [0.2, 0.25) is 0 Å². The molecule has 0 radical (unpaired) electrons. The first-order valence-corrected chi connectivity index (χ1v) is 25.2. The number of anilines is 2. The van der Waals surface area contributed by atoms with E-state index in [0.29, 0.717) is 35.9 Å². The molecule has 4 aliphatic rings. The van der Waals surface area contributed by atoms with Gasteiger partial charge < -0.3 is 26.2 Å². The quantitative estimate of drug-likeness (QED) is 0.0854. The average molecular weight is 852 g/mol. The molecule has 320 valence electrons. The molecule has 5 N–H and O–H groups in total. The molecule has 15 heteroatoms. The molecule has 2 aliphatic carbocycles. The van der Waals surface area contributed by atoms with Gasteiger partial charge in [0.1, 0.15) is 0 Å². The number of likely N-dealkylation sites (tertiary alicyclic amines) is 2. The number of hydrogen-bond acceptors (Lipinski definition) is 9. The van der Waals surface area contributed by atoms with E-state index in [-0.39, 0.29) is 22.6 Å². The summed E-state index contributed by atoms with van der Waals surface area (Å²) in [4.78, 5) is 28.2. The number of nitrogens with zero attached hydrogens (tertiary/aromatic N) is 2. The Bertz CT molecular complexity index is 1850. The van der Waals surface area contributed by atoms with Crippen LogP contribution >= 0.6 is 10.7 Å². The van der Waals surface area contributed by atoms with Crippen molar-refractivity contribution in [3.8, 4) is 0 Å². The molecule has 0 aromatic heterocycles. The molecule has 0 bridgehead atoms. The van der Waals surface area contributed by atoms with Crippen LogP contribution in [0, 0.1) is 23.7 Å². The highest BCUT2D eigenvalue weighted by molar-refractivity contribution is 8.13. The Morgan fingerprint density at radius 1 is 0.702 bits per heavy atom. The topological polar surface area (TPSA) is 171 Å². The Morgan fingerprint density at radius 3 is 1.47 bits per heavy atom. The third kappa shape index (κ3) is 13.3. The smallest absolute Gasteiger partial charge is 0.229 e. The molecule has 0 spiro atoms. The predicted molar refractivity (Wildman–Crippen MR) is 232 cm³/mol. The van der Waals surface area contributed by atoms with Crippen molar-refractivity contribution in [2.45, 2.75) is 89.9 Å². The fourth-order valence-corrected chi connectivity index (χ4v) is 10.1. The zero-order valence-corrected chi connectivity index (χ0v) is 37.2. The molecule has 2 amide bonds. The molecule has 57 heavy (non-hydrogen) atoms. The molecule has 2 aromatic carbocycles. The van der Waals surface area contributed by atoms with Crippen molar-refractivity contribution in [1.82, 2.24) is 20.4 Å². The second-order valence-electron chi connectivity index (χ2n) is 16.7. The minimum Gasteiger partial charge on any atom is -0.399 e. The van der Waals surface area contributed by atoms with Gasteiger partial charge in [0.2, 0.25) is 30.9 Å². The minimum atomic E-state index is -3.32. The molecule has 2 aliphatic heterocycles. The molecular weight excluding hydrogens is 784 g/mol. The summed E-state index contributed by atoms with van der Waals surface area (Å²) in [6.45, 7) is 15.8. The normalized spacial score (nSPS) is 26.2. The van der Waals surface area contributed by atoms with Crippen molar-refractivity contribution in [2.75, 3.05) is 75.3 Å². The van der Waals surface area contributed by atoms with Crippen LogP contribution in [0.3, 0.4) is 0 Å². The van der Waals surface area contributed by atoms with Crippen LogP contribution < -0.4 is 21.1 Å². The monoisotopic (exact) mass is 850 g/mol. The maximum absolute atomic E-state index is 11.6. The average Bonchev–Trinajstić information content (AvgIpc) is 3.67. The third-order valence-corrected chi connectivity index (χ3v) is 12.9. The van der Waals surface area contributed by atoms with Crippen molar-refractivity contribution in [3.05, 3.63) is 59.7 Å². The van der Waals surface area contributed by atoms with Crippen LogP contribution in [0.4, 0.5) is 11.4 Å². The summed E-state index contributed by atoms with van der Waals surface area (Å²) in [5, 5.41) is 6.09. The third-order valence-electron chi connectivity index (χ3n) is 12.3. The van der Waals surface area contributed by atoms with Gasteiger partial charge in [-0.15, -0.1) is 0 Å². The molecule has 2 aromatic rings. The summed E-state index contributed by atoms with van der Waals surface area (Å²) in [6.07, 6.45) is 12.5. The zero-order chi connectivity index (χ0) is 42.0. The lowest BCUT2D eigenvalue weighted by Gasteiger charge is -2.28. The number of benzene rings is 2. The number of nitrogens with one attached hydrogen (secondary N) is 3. The lowest BCUT2D eigenvalue weighted by Crippen LogP contribution is -2.38. The minimum absolute atomic E-state index is 0.0221. The first-order valence-electron chi connectivity index (χ1n) is 20.6. The van der Waals surface area contributed by atoms with E-state index in [1.807, 2.05) is 24.3 Å². The van der Waals surface area contributed by atoms with Crippen molar-refractivity contribution < 1.29 is 26.4 Å². The molecule has 2 heterocycles. The van der Waals surface area contributed by atoms with Gasteiger partial charge in [-0.2, -0.15) is 0 Å². The van der Waals surface area contributed by atoms with E-state index in [1.165, 1.54) is 63.5 Å². The molecular formula is C42H67ClN6O6S2. The van der Waals surface area contributed by atoms with Crippen LogP contribution in [0.1, 0.15) is 90.2 Å². The lowest BCUT2D eigenvalue weighted by atomic mass is 9.89. The number of fused-ring (bicyclic) bond motifs is 2. The molecule has 4 atom stereocenters. The van der Waals surface area contributed by atoms with Crippen molar-refractivity contribution >= 4 is 52.9 Å². The van der Waals surface area contributed by atoms with Crippen molar-refractivity contribution in [1.29, 1.82) is 0 Å². The number of nitrogen functional groups attached to an aromatic ring is 1. The van der Waals surface area contributed by atoms with Crippen LogP contribution in [0.25, 0.3) is 0 Å². The zero-order valence-electron chi connectivity index (χ0n) is 34.9. The Hall–Kier alpha value is -2.91. The highest BCUT2D eigenvalue weighted by Crippen LogP contribution is 2.64. The Balaban J connectivity index is 0.000000228. The number of hydrogen-bond donors (Lipinski definition) is 4. The number of carbonyl (C=O) groups excluding carboxylic acids is 2. The maximum atomic E-state index is 11.6. The second-order valence-corrected chi connectivity index (χ2v) is 21.5. The maximum Gasteiger partial charge on any atom is 0.229 e. The standard InChI is InChI=1S/C21H33N3O3S.C20H31N3O.CH3ClO2S/c1-4-5-6-7-11-24-13-19-20(14-24)21(19,15-22-16(2)25)17-9-8-10-18(12-17)23-28(3,26)27;1-3-4-5-6-10-23-12-18-19(13-23)20(18,14-22-15(2)24)16-8-7-9-17(21)11-16;1-5(2,3)4/h8-10,12,19-20,23H,4-7,11,13-15H2,1-3H3,(H,22,25);7-9,11,18-19H,3-6,10,12-14,21H2,1-2H3,(H,22,24);1H3. The van der Waals surface area contributed by atoms with Crippen LogP contribution in [0.15, 0.2) is 48.5 Å². The Morgan fingerprint density at radius 2 is 1.11 bits per heavy atom. The van der Waals surface area contributed by atoms with Gasteiger partial charge in [-0.1, -0.05) is 76.6 Å². The van der Waals surface area contributed by atoms with E-state index >= 15 is 0 Å². The molecule has 4 unspecified atom stereocenters. The fourth-order valence-electron chi connectivity index (χ4n) is 9.56. The van der Waals surface area contributed by atoms with Gasteiger partial charge in [-0.25, -0.2) is 16.8 Å². The van der Waals surface area contributed by atoms with Gasteiger partial charge >= 0.3 is 0 Å².